The number of aryl methyl sites for hydroxylation is 3. The lowest BCUT2D eigenvalue weighted by atomic mass is 10.0. The van der Waals surface area contributed by atoms with Crippen molar-refractivity contribution in [1.82, 2.24) is 19.0 Å². The Bertz CT molecular complexity index is 1040. The quantitative estimate of drug-likeness (QED) is 0.705. The summed E-state index contributed by atoms with van der Waals surface area (Å²) >= 11 is 0. The number of aromatic nitrogens is 2. The molecule has 0 bridgehead atoms. The van der Waals surface area contributed by atoms with Crippen molar-refractivity contribution in [3.63, 3.8) is 0 Å². The summed E-state index contributed by atoms with van der Waals surface area (Å²) in [6.07, 6.45) is 4.44. The van der Waals surface area contributed by atoms with Gasteiger partial charge in [0.05, 0.1) is 10.6 Å². The molecule has 0 spiro atoms. The standard InChI is InChI=1S/C22H30N4O3S/c1-3-17-8-4-5-9-21(17)30(28,29)26-15-12-20-18(16-26)19(23-24(20)2)10-11-22(27)25-13-6-7-14-25/h4-5,8-9H,3,6-7,10-16H2,1-2H3. The first kappa shape index (κ1) is 21.1. The van der Waals surface area contributed by atoms with Crippen LogP contribution in [0.4, 0.5) is 0 Å². The maximum Gasteiger partial charge on any atom is 0.243 e. The first-order valence-electron chi connectivity index (χ1n) is 10.8. The number of carbonyl (C=O) groups excluding carboxylic acids is 1. The van der Waals surface area contributed by atoms with E-state index in [1.807, 2.05) is 35.7 Å². The number of benzene rings is 1. The summed E-state index contributed by atoms with van der Waals surface area (Å²) in [7, 11) is -1.67. The molecule has 4 rings (SSSR count). The monoisotopic (exact) mass is 430 g/mol. The third-order valence-corrected chi connectivity index (χ3v) is 8.24. The number of carbonyl (C=O) groups is 1. The van der Waals surface area contributed by atoms with E-state index in [9.17, 15) is 13.2 Å². The lowest BCUT2D eigenvalue weighted by Gasteiger charge is -2.28. The lowest BCUT2D eigenvalue weighted by molar-refractivity contribution is -0.130. The maximum atomic E-state index is 13.4. The van der Waals surface area contributed by atoms with E-state index in [4.69, 9.17) is 0 Å². The predicted octanol–water partition coefficient (Wildman–Crippen LogP) is 2.28. The number of amides is 1. The zero-order valence-electron chi connectivity index (χ0n) is 17.8. The topological polar surface area (TPSA) is 75.5 Å². The van der Waals surface area contributed by atoms with Crippen molar-refractivity contribution in [2.75, 3.05) is 19.6 Å². The predicted molar refractivity (Wildman–Crippen MR) is 114 cm³/mol. The van der Waals surface area contributed by atoms with Gasteiger partial charge < -0.3 is 4.90 Å². The van der Waals surface area contributed by atoms with Crippen LogP contribution < -0.4 is 0 Å². The van der Waals surface area contributed by atoms with E-state index < -0.39 is 10.0 Å². The average Bonchev–Trinajstić information content (AvgIpc) is 3.40. The van der Waals surface area contributed by atoms with Crippen molar-refractivity contribution in [1.29, 1.82) is 0 Å². The molecule has 1 aromatic carbocycles. The third-order valence-electron chi connectivity index (χ3n) is 6.30. The van der Waals surface area contributed by atoms with E-state index in [1.54, 1.807) is 16.4 Å². The van der Waals surface area contributed by atoms with Gasteiger partial charge in [0.15, 0.2) is 0 Å². The Morgan fingerprint density at radius 1 is 1.13 bits per heavy atom. The van der Waals surface area contributed by atoms with Gasteiger partial charge in [0.2, 0.25) is 15.9 Å². The second kappa shape index (κ2) is 8.51. The Hall–Kier alpha value is -2.19. The van der Waals surface area contributed by atoms with E-state index in [0.717, 1.165) is 48.4 Å². The van der Waals surface area contributed by atoms with Crippen molar-refractivity contribution in [2.24, 2.45) is 7.05 Å². The van der Waals surface area contributed by atoms with Crippen molar-refractivity contribution in [3.05, 3.63) is 46.8 Å². The molecule has 2 aromatic rings. The van der Waals surface area contributed by atoms with Crippen LogP contribution in [0, 0.1) is 0 Å². The summed E-state index contributed by atoms with van der Waals surface area (Å²) in [5.41, 5.74) is 3.74. The van der Waals surface area contributed by atoms with E-state index in [0.29, 0.717) is 43.7 Å². The van der Waals surface area contributed by atoms with E-state index in [2.05, 4.69) is 5.10 Å². The van der Waals surface area contributed by atoms with E-state index >= 15 is 0 Å². The van der Waals surface area contributed by atoms with Crippen LogP contribution in [0.3, 0.4) is 0 Å². The highest BCUT2D eigenvalue weighted by Crippen LogP contribution is 2.29. The van der Waals surface area contributed by atoms with Crippen LogP contribution >= 0.6 is 0 Å². The maximum absolute atomic E-state index is 13.4. The molecule has 162 valence electrons. The summed E-state index contributed by atoms with van der Waals surface area (Å²) in [6, 6.07) is 7.23. The molecule has 7 nitrogen and oxygen atoms in total. The molecule has 0 saturated carbocycles. The minimum Gasteiger partial charge on any atom is -0.343 e. The van der Waals surface area contributed by atoms with Crippen LogP contribution in [0.1, 0.15) is 48.7 Å². The second-order valence-electron chi connectivity index (χ2n) is 8.13. The van der Waals surface area contributed by atoms with Gasteiger partial charge >= 0.3 is 0 Å². The van der Waals surface area contributed by atoms with Crippen molar-refractivity contribution >= 4 is 15.9 Å². The van der Waals surface area contributed by atoms with Crippen LogP contribution in [0.15, 0.2) is 29.2 Å². The number of hydrogen-bond donors (Lipinski definition) is 0. The molecular weight excluding hydrogens is 400 g/mol. The van der Waals surface area contributed by atoms with Gasteiger partial charge in [0.1, 0.15) is 0 Å². The largest absolute Gasteiger partial charge is 0.343 e. The highest BCUT2D eigenvalue weighted by Gasteiger charge is 2.33. The number of hydrogen-bond acceptors (Lipinski definition) is 4. The fourth-order valence-electron chi connectivity index (χ4n) is 4.59. The number of sulfonamides is 1. The summed E-state index contributed by atoms with van der Waals surface area (Å²) in [6.45, 7) is 4.43. The van der Waals surface area contributed by atoms with Crippen LogP contribution in [0.25, 0.3) is 0 Å². The normalized spacial score (nSPS) is 17.3. The van der Waals surface area contributed by atoms with Crippen LogP contribution in [-0.2, 0) is 47.7 Å². The number of fused-ring (bicyclic) bond motifs is 1. The van der Waals surface area contributed by atoms with Gasteiger partial charge in [-0.1, -0.05) is 25.1 Å². The molecule has 1 fully saturated rings. The average molecular weight is 431 g/mol. The van der Waals surface area contributed by atoms with Gasteiger partial charge in [0.25, 0.3) is 0 Å². The van der Waals surface area contributed by atoms with E-state index in [-0.39, 0.29) is 5.91 Å². The Morgan fingerprint density at radius 2 is 1.87 bits per heavy atom. The molecule has 2 aliphatic rings. The van der Waals surface area contributed by atoms with E-state index in [1.165, 1.54) is 0 Å². The Morgan fingerprint density at radius 3 is 2.60 bits per heavy atom. The minimum absolute atomic E-state index is 0.170. The Labute approximate surface area is 178 Å². The van der Waals surface area contributed by atoms with Gasteiger partial charge in [-0.25, -0.2) is 8.42 Å². The SMILES string of the molecule is CCc1ccccc1S(=O)(=O)N1CCc2c(c(CCC(=O)N3CCCC3)nn2C)C1. The molecule has 30 heavy (non-hydrogen) atoms. The number of likely N-dealkylation sites (tertiary alicyclic amines) is 1. The van der Waals surface area contributed by atoms with Gasteiger partial charge in [-0.3, -0.25) is 9.48 Å². The van der Waals surface area contributed by atoms with Crippen LogP contribution in [0.5, 0.6) is 0 Å². The molecule has 0 unspecified atom stereocenters. The van der Waals surface area contributed by atoms with Gasteiger partial charge in [-0.05, 0) is 30.9 Å². The fourth-order valence-corrected chi connectivity index (χ4v) is 6.29. The smallest absolute Gasteiger partial charge is 0.243 e. The Balaban J connectivity index is 1.55. The van der Waals surface area contributed by atoms with Crippen molar-refractivity contribution < 1.29 is 13.2 Å². The molecule has 3 heterocycles. The van der Waals surface area contributed by atoms with Gasteiger partial charge in [0, 0.05) is 63.7 Å². The zero-order chi connectivity index (χ0) is 21.3. The molecule has 1 aromatic heterocycles. The fraction of sp³-hybridized carbons (Fsp3) is 0.545. The molecule has 1 amide bonds. The molecule has 8 heteroatoms. The molecular formula is C22H30N4O3S. The molecule has 2 aliphatic heterocycles. The van der Waals surface area contributed by atoms with Crippen molar-refractivity contribution in [3.8, 4) is 0 Å². The first-order chi connectivity index (χ1) is 14.4. The highest BCUT2D eigenvalue weighted by molar-refractivity contribution is 7.89. The minimum atomic E-state index is -3.58. The Kier molecular flexibility index (Phi) is 5.97. The molecule has 0 N–H and O–H groups in total. The van der Waals surface area contributed by atoms with Gasteiger partial charge in [-0.15, -0.1) is 0 Å². The van der Waals surface area contributed by atoms with Crippen molar-refractivity contribution in [2.45, 2.75) is 56.9 Å². The number of rotatable bonds is 6. The third kappa shape index (κ3) is 3.90. The summed E-state index contributed by atoms with van der Waals surface area (Å²) in [5, 5.41) is 4.64. The molecule has 0 atom stereocenters. The second-order valence-corrected chi connectivity index (χ2v) is 10.0. The van der Waals surface area contributed by atoms with Crippen LogP contribution in [0.2, 0.25) is 0 Å². The molecule has 0 aliphatic carbocycles. The molecule has 1 saturated heterocycles. The van der Waals surface area contributed by atoms with Crippen LogP contribution in [-0.4, -0.2) is 52.9 Å². The summed E-state index contributed by atoms with van der Waals surface area (Å²) < 4.78 is 30.2. The summed E-state index contributed by atoms with van der Waals surface area (Å²) in [4.78, 5) is 14.8. The first-order valence-corrected chi connectivity index (χ1v) is 12.2. The van der Waals surface area contributed by atoms with Gasteiger partial charge in [-0.2, -0.15) is 9.40 Å². The zero-order valence-corrected chi connectivity index (χ0v) is 18.6. The number of nitrogens with zero attached hydrogens (tertiary/aromatic N) is 4. The lowest BCUT2D eigenvalue weighted by Crippen LogP contribution is -2.37. The highest BCUT2D eigenvalue weighted by atomic mass is 32.2. The molecule has 0 radical (unpaired) electrons. The summed E-state index contributed by atoms with van der Waals surface area (Å²) in [5.74, 6) is 0.170.